The molecule has 2 aromatic rings. The molecule has 24 heavy (non-hydrogen) atoms. The zero-order valence-electron chi connectivity index (χ0n) is 13.6. The van der Waals surface area contributed by atoms with Crippen molar-refractivity contribution < 1.29 is 23.8 Å². The lowest BCUT2D eigenvalue weighted by molar-refractivity contribution is -0.123. The molecule has 0 aromatic heterocycles. The van der Waals surface area contributed by atoms with E-state index in [2.05, 4.69) is 5.32 Å². The highest BCUT2D eigenvalue weighted by atomic mass is 16.5. The van der Waals surface area contributed by atoms with Gasteiger partial charge >= 0.3 is 0 Å². The van der Waals surface area contributed by atoms with Crippen molar-refractivity contribution in [1.82, 2.24) is 5.32 Å². The molecule has 2 rings (SSSR count). The van der Waals surface area contributed by atoms with Crippen LogP contribution in [0.5, 0.6) is 17.2 Å². The fraction of sp³-hybridized carbons (Fsp3) is 0.222. The van der Waals surface area contributed by atoms with Crippen LogP contribution in [0.1, 0.15) is 15.9 Å². The van der Waals surface area contributed by atoms with Gasteiger partial charge in [0, 0.05) is 12.1 Å². The van der Waals surface area contributed by atoms with Crippen LogP contribution in [-0.2, 0) is 11.3 Å². The fourth-order valence-electron chi connectivity index (χ4n) is 2.07. The first-order valence-corrected chi connectivity index (χ1v) is 7.32. The van der Waals surface area contributed by atoms with E-state index in [0.29, 0.717) is 29.4 Å². The Morgan fingerprint density at radius 3 is 2.58 bits per heavy atom. The van der Waals surface area contributed by atoms with Crippen LogP contribution in [0.4, 0.5) is 0 Å². The number of benzene rings is 2. The normalized spacial score (nSPS) is 9.92. The van der Waals surface area contributed by atoms with E-state index in [4.69, 9.17) is 14.2 Å². The highest BCUT2D eigenvalue weighted by molar-refractivity contribution is 5.78. The Morgan fingerprint density at radius 2 is 1.88 bits per heavy atom. The molecule has 0 heterocycles. The molecule has 1 amide bonds. The van der Waals surface area contributed by atoms with E-state index in [0.717, 1.165) is 11.8 Å². The molecule has 0 saturated heterocycles. The molecule has 0 saturated carbocycles. The Labute approximate surface area is 140 Å². The smallest absolute Gasteiger partial charge is 0.258 e. The van der Waals surface area contributed by atoms with Crippen LogP contribution in [0.2, 0.25) is 0 Å². The summed E-state index contributed by atoms with van der Waals surface area (Å²) in [5.74, 6) is 1.44. The number of methoxy groups -OCH3 is 2. The second kappa shape index (κ2) is 8.57. The molecule has 2 aromatic carbocycles. The van der Waals surface area contributed by atoms with Crippen LogP contribution in [0.25, 0.3) is 0 Å². The molecule has 6 heteroatoms. The molecule has 0 aliphatic heterocycles. The zero-order valence-corrected chi connectivity index (χ0v) is 13.6. The summed E-state index contributed by atoms with van der Waals surface area (Å²) in [7, 11) is 3.12. The molecule has 0 unspecified atom stereocenters. The molecule has 0 fully saturated rings. The quantitative estimate of drug-likeness (QED) is 0.752. The molecular formula is C18H19NO5. The maximum atomic E-state index is 11.9. The predicted octanol–water partition coefficient (Wildman–Crippen LogP) is 2.21. The molecule has 0 bridgehead atoms. The molecule has 0 radical (unpaired) electrons. The van der Waals surface area contributed by atoms with E-state index < -0.39 is 0 Å². The minimum absolute atomic E-state index is 0.129. The Bertz CT molecular complexity index is 714. The molecular weight excluding hydrogens is 310 g/mol. The number of aldehydes is 1. The van der Waals surface area contributed by atoms with Gasteiger partial charge in [0.25, 0.3) is 5.91 Å². The van der Waals surface area contributed by atoms with E-state index in [1.807, 2.05) is 6.07 Å². The minimum Gasteiger partial charge on any atom is -0.493 e. The number of carbonyl (C=O) groups is 2. The number of hydrogen-bond donors (Lipinski definition) is 1. The van der Waals surface area contributed by atoms with E-state index in [1.165, 1.54) is 0 Å². The maximum Gasteiger partial charge on any atom is 0.258 e. The second-order valence-corrected chi connectivity index (χ2v) is 4.95. The van der Waals surface area contributed by atoms with Gasteiger partial charge in [-0.2, -0.15) is 0 Å². The van der Waals surface area contributed by atoms with Crippen LogP contribution < -0.4 is 19.5 Å². The lowest BCUT2D eigenvalue weighted by Crippen LogP contribution is -2.28. The van der Waals surface area contributed by atoms with E-state index >= 15 is 0 Å². The first-order valence-electron chi connectivity index (χ1n) is 7.32. The van der Waals surface area contributed by atoms with Crippen LogP contribution in [0.3, 0.4) is 0 Å². The van der Waals surface area contributed by atoms with Gasteiger partial charge in [-0.1, -0.05) is 18.2 Å². The van der Waals surface area contributed by atoms with Gasteiger partial charge in [0.2, 0.25) is 0 Å². The van der Waals surface area contributed by atoms with Crippen molar-refractivity contribution in [3.63, 3.8) is 0 Å². The molecule has 126 valence electrons. The Kier molecular flexibility index (Phi) is 6.19. The van der Waals surface area contributed by atoms with Gasteiger partial charge in [-0.25, -0.2) is 0 Å². The van der Waals surface area contributed by atoms with E-state index in [9.17, 15) is 9.59 Å². The third-order valence-corrected chi connectivity index (χ3v) is 3.30. The molecule has 6 nitrogen and oxygen atoms in total. The standard InChI is InChI=1S/C18H19NO5/c1-22-16-7-6-13(9-17(16)23-2)10-19-18(21)12-24-15-5-3-4-14(8-15)11-20/h3-9,11H,10,12H2,1-2H3,(H,19,21). The van der Waals surface area contributed by atoms with Gasteiger partial charge in [0.1, 0.15) is 12.0 Å². The monoisotopic (exact) mass is 329 g/mol. The average molecular weight is 329 g/mol. The van der Waals surface area contributed by atoms with E-state index in [1.54, 1.807) is 50.6 Å². The third-order valence-electron chi connectivity index (χ3n) is 3.30. The van der Waals surface area contributed by atoms with Gasteiger partial charge < -0.3 is 19.5 Å². The second-order valence-electron chi connectivity index (χ2n) is 4.95. The molecule has 0 spiro atoms. The van der Waals surface area contributed by atoms with Gasteiger partial charge in [-0.15, -0.1) is 0 Å². The number of carbonyl (C=O) groups excluding carboxylic acids is 2. The van der Waals surface area contributed by atoms with Crippen molar-refractivity contribution in [2.45, 2.75) is 6.54 Å². The number of nitrogens with one attached hydrogen (secondary N) is 1. The SMILES string of the molecule is COc1ccc(CNC(=O)COc2cccc(C=O)c2)cc1OC. The van der Waals surface area contributed by atoms with Crippen molar-refractivity contribution in [2.24, 2.45) is 0 Å². The van der Waals surface area contributed by atoms with Crippen LogP contribution in [-0.4, -0.2) is 33.0 Å². The average Bonchev–Trinajstić information content (AvgIpc) is 2.64. The lowest BCUT2D eigenvalue weighted by atomic mass is 10.2. The summed E-state index contributed by atoms with van der Waals surface area (Å²) in [6, 6.07) is 12.0. The third kappa shape index (κ3) is 4.74. The number of amides is 1. The number of hydrogen-bond acceptors (Lipinski definition) is 5. The largest absolute Gasteiger partial charge is 0.493 e. The van der Waals surface area contributed by atoms with Crippen molar-refractivity contribution in [2.75, 3.05) is 20.8 Å². The first-order chi connectivity index (χ1) is 11.7. The van der Waals surface area contributed by atoms with Crippen molar-refractivity contribution in [3.05, 3.63) is 53.6 Å². The van der Waals surface area contributed by atoms with Gasteiger partial charge in [-0.05, 0) is 29.8 Å². The zero-order chi connectivity index (χ0) is 17.4. The fourth-order valence-corrected chi connectivity index (χ4v) is 2.07. The van der Waals surface area contributed by atoms with Gasteiger partial charge in [0.05, 0.1) is 14.2 Å². The number of ether oxygens (including phenoxy) is 3. The number of rotatable bonds is 8. The summed E-state index contributed by atoms with van der Waals surface area (Å²) >= 11 is 0. The summed E-state index contributed by atoms with van der Waals surface area (Å²) in [6.45, 7) is 0.215. The maximum absolute atomic E-state index is 11.9. The molecule has 0 atom stereocenters. The Hall–Kier alpha value is -3.02. The van der Waals surface area contributed by atoms with Crippen molar-refractivity contribution in [1.29, 1.82) is 0 Å². The predicted molar refractivity (Wildman–Crippen MR) is 88.7 cm³/mol. The summed E-state index contributed by atoms with van der Waals surface area (Å²) in [5, 5.41) is 2.76. The van der Waals surface area contributed by atoms with Gasteiger partial charge in [0.15, 0.2) is 18.1 Å². The highest BCUT2D eigenvalue weighted by Gasteiger charge is 2.07. The Balaban J connectivity index is 1.85. The van der Waals surface area contributed by atoms with Crippen LogP contribution >= 0.6 is 0 Å². The topological polar surface area (TPSA) is 73.9 Å². The molecule has 0 aliphatic carbocycles. The highest BCUT2D eigenvalue weighted by Crippen LogP contribution is 2.27. The first kappa shape index (κ1) is 17.3. The molecule has 0 aliphatic rings. The van der Waals surface area contributed by atoms with E-state index in [-0.39, 0.29) is 12.5 Å². The minimum atomic E-state index is -0.263. The summed E-state index contributed by atoms with van der Waals surface area (Å²) in [4.78, 5) is 22.6. The Morgan fingerprint density at radius 1 is 1.08 bits per heavy atom. The summed E-state index contributed by atoms with van der Waals surface area (Å²) in [6.07, 6.45) is 0.726. The lowest BCUT2D eigenvalue weighted by Gasteiger charge is -2.11. The van der Waals surface area contributed by atoms with Crippen LogP contribution in [0, 0.1) is 0 Å². The van der Waals surface area contributed by atoms with Gasteiger partial charge in [-0.3, -0.25) is 9.59 Å². The van der Waals surface area contributed by atoms with Crippen molar-refractivity contribution >= 4 is 12.2 Å². The summed E-state index contributed by atoms with van der Waals surface area (Å²) in [5.41, 5.74) is 1.38. The summed E-state index contributed by atoms with van der Waals surface area (Å²) < 4.78 is 15.8. The molecule has 1 N–H and O–H groups in total. The van der Waals surface area contributed by atoms with Crippen LogP contribution in [0.15, 0.2) is 42.5 Å². The van der Waals surface area contributed by atoms with Crippen molar-refractivity contribution in [3.8, 4) is 17.2 Å².